The Morgan fingerprint density at radius 1 is 1.14 bits per heavy atom. The van der Waals surface area contributed by atoms with Crippen LogP contribution in [0.15, 0.2) is 42.5 Å². The lowest BCUT2D eigenvalue weighted by atomic mass is 9.49. The van der Waals surface area contributed by atoms with Crippen LogP contribution in [0.1, 0.15) is 55.3 Å². The quantitative estimate of drug-likeness (QED) is 0.581. The number of hydrogen-bond donors (Lipinski definition) is 0. The van der Waals surface area contributed by atoms with Crippen LogP contribution < -0.4 is 0 Å². The van der Waals surface area contributed by atoms with Crippen molar-refractivity contribution >= 4 is 5.97 Å². The number of carbonyl (C=O) groups excluding carboxylic acids is 1. The van der Waals surface area contributed by atoms with E-state index in [0.717, 1.165) is 24.7 Å². The molecule has 1 spiro atoms. The molecule has 0 saturated heterocycles. The molecule has 1 aromatic rings. The van der Waals surface area contributed by atoms with Gasteiger partial charge in [0.1, 0.15) is 6.10 Å². The normalized spacial score (nSPS) is 36.7. The first kappa shape index (κ1) is 14.0. The van der Waals surface area contributed by atoms with Crippen LogP contribution in [0.5, 0.6) is 0 Å². The Labute approximate surface area is 132 Å². The van der Waals surface area contributed by atoms with Crippen LogP contribution in [0.3, 0.4) is 0 Å². The first-order valence-electron chi connectivity index (χ1n) is 8.60. The van der Waals surface area contributed by atoms with Crippen LogP contribution >= 0.6 is 0 Å². The highest BCUT2D eigenvalue weighted by Gasteiger charge is 2.51. The summed E-state index contributed by atoms with van der Waals surface area (Å²) in [6, 6.07) is 9.36. The monoisotopic (exact) mass is 296 g/mol. The van der Waals surface area contributed by atoms with Crippen LogP contribution in [0.2, 0.25) is 0 Å². The van der Waals surface area contributed by atoms with Gasteiger partial charge in [0.2, 0.25) is 0 Å². The Bertz CT molecular complexity index is 591. The molecule has 0 N–H and O–H groups in total. The fraction of sp³-hybridized carbons (Fsp3) is 0.550. The third kappa shape index (κ3) is 2.29. The van der Waals surface area contributed by atoms with Crippen LogP contribution in [-0.4, -0.2) is 12.1 Å². The summed E-state index contributed by atoms with van der Waals surface area (Å²) in [6.45, 7) is 4.30. The number of benzene rings is 1. The molecule has 2 bridgehead atoms. The van der Waals surface area contributed by atoms with E-state index >= 15 is 0 Å². The van der Waals surface area contributed by atoms with Crippen molar-refractivity contribution in [2.75, 3.05) is 0 Å². The highest BCUT2D eigenvalue weighted by Crippen LogP contribution is 2.61. The molecule has 4 aliphatic rings. The molecule has 4 atom stereocenters. The van der Waals surface area contributed by atoms with Crippen LogP contribution in [0, 0.1) is 17.3 Å². The molecule has 1 aromatic carbocycles. The fourth-order valence-corrected chi connectivity index (χ4v) is 5.13. The molecule has 0 amide bonds. The molecule has 22 heavy (non-hydrogen) atoms. The van der Waals surface area contributed by atoms with Crippen LogP contribution in [0.25, 0.3) is 0 Å². The fourth-order valence-electron chi connectivity index (χ4n) is 5.13. The SMILES string of the molecule is C=C1C[C@@]23CCC(OC(=O)c4ccccc4)CC2C[C@@H]1CC3. The van der Waals surface area contributed by atoms with E-state index in [1.807, 2.05) is 30.3 Å². The van der Waals surface area contributed by atoms with Gasteiger partial charge in [0.15, 0.2) is 0 Å². The minimum atomic E-state index is -0.160. The highest BCUT2D eigenvalue weighted by molar-refractivity contribution is 5.89. The maximum Gasteiger partial charge on any atom is 0.338 e. The Morgan fingerprint density at radius 2 is 1.91 bits per heavy atom. The summed E-state index contributed by atoms with van der Waals surface area (Å²) in [5, 5.41) is 0. The van der Waals surface area contributed by atoms with Gasteiger partial charge in [0.05, 0.1) is 5.56 Å². The lowest BCUT2D eigenvalue weighted by Crippen LogP contribution is -2.48. The molecule has 4 fully saturated rings. The first-order valence-corrected chi connectivity index (χ1v) is 8.60. The van der Waals surface area contributed by atoms with Crippen molar-refractivity contribution in [3.05, 3.63) is 48.0 Å². The van der Waals surface area contributed by atoms with Crippen molar-refractivity contribution in [3.63, 3.8) is 0 Å². The average Bonchev–Trinajstić information content (AvgIpc) is 2.55. The summed E-state index contributed by atoms with van der Waals surface area (Å²) in [5.74, 6) is 1.31. The van der Waals surface area contributed by atoms with E-state index in [2.05, 4.69) is 6.58 Å². The molecule has 0 heterocycles. The van der Waals surface area contributed by atoms with Crippen molar-refractivity contribution in [1.82, 2.24) is 0 Å². The van der Waals surface area contributed by atoms with Gasteiger partial charge in [0, 0.05) is 0 Å². The van der Waals surface area contributed by atoms with Crippen molar-refractivity contribution < 1.29 is 9.53 Å². The van der Waals surface area contributed by atoms with Crippen LogP contribution in [-0.2, 0) is 4.74 Å². The number of fused-ring (bicyclic) bond motifs is 2. The van der Waals surface area contributed by atoms with Gasteiger partial charge in [-0.1, -0.05) is 30.4 Å². The van der Waals surface area contributed by atoms with E-state index in [0.29, 0.717) is 11.0 Å². The summed E-state index contributed by atoms with van der Waals surface area (Å²) in [4.78, 5) is 12.2. The topological polar surface area (TPSA) is 26.3 Å². The third-order valence-corrected chi connectivity index (χ3v) is 6.38. The molecule has 0 aliphatic heterocycles. The smallest absolute Gasteiger partial charge is 0.338 e. The van der Waals surface area contributed by atoms with E-state index in [1.54, 1.807) is 0 Å². The molecule has 2 unspecified atom stereocenters. The Balaban J connectivity index is 1.43. The van der Waals surface area contributed by atoms with E-state index in [1.165, 1.54) is 37.7 Å². The van der Waals surface area contributed by atoms with Crippen LogP contribution in [0.4, 0.5) is 0 Å². The number of rotatable bonds is 2. The first-order chi connectivity index (χ1) is 10.7. The van der Waals surface area contributed by atoms with E-state index in [4.69, 9.17) is 4.74 Å². The zero-order chi connectivity index (χ0) is 15.2. The zero-order valence-electron chi connectivity index (χ0n) is 13.1. The summed E-state index contributed by atoms with van der Waals surface area (Å²) in [6.07, 6.45) is 8.59. The lowest BCUT2D eigenvalue weighted by molar-refractivity contribution is -0.0607. The Hall–Kier alpha value is -1.57. The summed E-state index contributed by atoms with van der Waals surface area (Å²) in [7, 11) is 0. The van der Waals surface area contributed by atoms with Gasteiger partial charge in [0.25, 0.3) is 0 Å². The number of carbonyl (C=O) groups is 1. The second kappa shape index (κ2) is 5.26. The number of allylic oxidation sites excluding steroid dienone is 1. The maximum atomic E-state index is 12.2. The van der Waals surface area contributed by atoms with Gasteiger partial charge >= 0.3 is 5.97 Å². The van der Waals surface area contributed by atoms with Crippen molar-refractivity contribution in [2.24, 2.45) is 17.3 Å². The standard InChI is InChI=1S/C20H24O2/c1-14-13-20-9-7-16(14)11-17(20)12-18(8-10-20)22-19(21)15-5-3-2-4-6-15/h2-6,16-18H,1,7-13H2/t16-,17?,18?,20+/m0/s1. The zero-order valence-corrected chi connectivity index (χ0v) is 13.1. The largest absolute Gasteiger partial charge is 0.459 e. The number of esters is 1. The molecule has 0 radical (unpaired) electrons. The molecule has 4 saturated carbocycles. The van der Waals surface area contributed by atoms with Gasteiger partial charge in [-0.3, -0.25) is 0 Å². The minimum absolute atomic E-state index is 0.107. The highest BCUT2D eigenvalue weighted by atomic mass is 16.5. The molecule has 5 rings (SSSR count). The molecule has 4 aliphatic carbocycles. The molecule has 0 aromatic heterocycles. The van der Waals surface area contributed by atoms with E-state index in [9.17, 15) is 4.79 Å². The number of ether oxygens (including phenoxy) is 1. The molecule has 2 heteroatoms. The van der Waals surface area contributed by atoms with Gasteiger partial charge in [-0.05, 0) is 74.3 Å². The summed E-state index contributed by atoms with van der Waals surface area (Å²) in [5.41, 5.74) is 2.64. The average molecular weight is 296 g/mol. The van der Waals surface area contributed by atoms with Gasteiger partial charge < -0.3 is 4.74 Å². The molecule has 116 valence electrons. The van der Waals surface area contributed by atoms with Gasteiger partial charge in [-0.15, -0.1) is 0 Å². The van der Waals surface area contributed by atoms with Crippen molar-refractivity contribution in [3.8, 4) is 0 Å². The molecular weight excluding hydrogens is 272 g/mol. The van der Waals surface area contributed by atoms with Crippen molar-refractivity contribution in [2.45, 2.75) is 51.0 Å². The number of hydrogen-bond acceptors (Lipinski definition) is 2. The maximum absolute atomic E-state index is 12.2. The molecular formula is C20H24O2. The lowest BCUT2D eigenvalue weighted by Gasteiger charge is -2.56. The Kier molecular flexibility index (Phi) is 3.36. The van der Waals surface area contributed by atoms with Crippen molar-refractivity contribution in [1.29, 1.82) is 0 Å². The second-order valence-electron chi connectivity index (χ2n) is 7.53. The molecule has 2 nitrogen and oxygen atoms in total. The predicted octanol–water partition coefficient (Wildman–Crippen LogP) is 4.76. The minimum Gasteiger partial charge on any atom is -0.459 e. The summed E-state index contributed by atoms with van der Waals surface area (Å²) < 4.78 is 5.80. The second-order valence-corrected chi connectivity index (χ2v) is 7.53. The predicted molar refractivity (Wildman–Crippen MR) is 86.5 cm³/mol. The summed E-state index contributed by atoms with van der Waals surface area (Å²) >= 11 is 0. The van der Waals surface area contributed by atoms with Gasteiger partial charge in [-0.2, -0.15) is 0 Å². The van der Waals surface area contributed by atoms with E-state index < -0.39 is 0 Å². The van der Waals surface area contributed by atoms with E-state index in [-0.39, 0.29) is 12.1 Å². The van der Waals surface area contributed by atoms with Gasteiger partial charge in [-0.25, -0.2) is 4.79 Å². The Morgan fingerprint density at radius 3 is 2.68 bits per heavy atom. The third-order valence-electron chi connectivity index (χ3n) is 6.38.